The number of rotatable bonds is 8. The van der Waals surface area contributed by atoms with Gasteiger partial charge in [-0.25, -0.2) is 0 Å². The summed E-state index contributed by atoms with van der Waals surface area (Å²) in [5.41, 5.74) is 1.08. The third-order valence-electron chi connectivity index (χ3n) is 4.26. The molecule has 0 radical (unpaired) electrons. The first-order valence-electron chi connectivity index (χ1n) is 9.11. The van der Waals surface area contributed by atoms with E-state index in [4.69, 9.17) is 21.1 Å². The Balaban J connectivity index is 1.76. The molecule has 0 aliphatic carbocycles. The van der Waals surface area contributed by atoms with Crippen molar-refractivity contribution in [2.45, 2.75) is 43.8 Å². The maximum atomic E-state index is 6.28. The molecule has 1 heterocycles. The molecule has 0 aliphatic rings. The molecule has 1 atom stereocenters. The van der Waals surface area contributed by atoms with Crippen molar-refractivity contribution in [3.05, 3.63) is 64.9 Å². The molecule has 0 aliphatic heterocycles. The van der Waals surface area contributed by atoms with Crippen LogP contribution in [0.15, 0.2) is 53.7 Å². The second-order valence-electron chi connectivity index (χ2n) is 6.62. The van der Waals surface area contributed by atoms with Crippen LogP contribution in [-0.4, -0.2) is 21.9 Å². The normalized spacial score (nSPS) is 12.2. The molecule has 28 heavy (non-hydrogen) atoms. The molecule has 0 spiro atoms. The van der Waals surface area contributed by atoms with E-state index in [2.05, 4.69) is 28.6 Å². The number of aromatic nitrogens is 3. The smallest absolute Gasteiger partial charge is 0.191 e. The Morgan fingerprint density at radius 1 is 1.00 bits per heavy atom. The second kappa shape index (κ2) is 9.34. The quantitative estimate of drug-likeness (QED) is 0.423. The Hall–Kier alpha value is -2.18. The first kappa shape index (κ1) is 20.6. The fourth-order valence-corrected chi connectivity index (χ4v) is 4.18. The minimum absolute atomic E-state index is 0.209. The van der Waals surface area contributed by atoms with E-state index < -0.39 is 0 Å². The summed E-state index contributed by atoms with van der Waals surface area (Å²) in [5, 5.41) is 10.4. The second-order valence-corrected chi connectivity index (χ2v) is 7.97. The standard InChI is InChI=1S/C21H24ClN3O2S/c1-14(2)25-20(15(3)27-18-11-9-17(26-4)10-12-18)23-24-21(25)28-13-16-7-5-6-8-19(16)22/h5-12,14-15H,13H2,1-4H3. The molecule has 5 nitrogen and oxygen atoms in total. The summed E-state index contributed by atoms with van der Waals surface area (Å²) in [7, 11) is 1.64. The van der Waals surface area contributed by atoms with Crippen molar-refractivity contribution >= 4 is 23.4 Å². The minimum Gasteiger partial charge on any atom is -0.497 e. The highest BCUT2D eigenvalue weighted by molar-refractivity contribution is 7.98. The first-order chi connectivity index (χ1) is 13.5. The van der Waals surface area contributed by atoms with E-state index in [9.17, 15) is 0 Å². The fraction of sp³-hybridized carbons (Fsp3) is 0.333. The highest BCUT2D eigenvalue weighted by Crippen LogP contribution is 2.31. The zero-order valence-corrected chi connectivity index (χ0v) is 18.0. The molecule has 2 aromatic carbocycles. The van der Waals surface area contributed by atoms with Crippen molar-refractivity contribution in [3.8, 4) is 11.5 Å². The summed E-state index contributed by atoms with van der Waals surface area (Å²) < 4.78 is 13.4. The van der Waals surface area contributed by atoms with E-state index in [0.29, 0.717) is 0 Å². The molecule has 3 aromatic rings. The molecule has 0 amide bonds. The molecule has 1 aromatic heterocycles. The number of halogens is 1. The van der Waals surface area contributed by atoms with Gasteiger partial charge in [0, 0.05) is 16.8 Å². The van der Waals surface area contributed by atoms with Crippen LogP contribution in [0.5, 0.6) is 11.5 Å². The summed E-state index contributed by atoms with van der Waals surface area (Å²) in [5.74, 6) is 3.09. The number of methoxy groups -OCH3 is 1. The van der Waals surface area contributed by atoms with Gasteiger partial charge in [0.25, 0.3) is 0 Å². The van der Waals surface area contributed by atoms with E-state index in [0.717, 1.165) is 38.8 Å². The monoisotopic (exact) mass is 417 g/mol. The zero-order chi connectivity index (χ0) is 20.1. The van der Waals surface area contributed by atoms with Gasteiger partial charge < -0.3 is 14.0 Å². The van der Waals surface area contributed by atoms with Crippen molar-refractivity contribution < 1.29 is 9.47 Å². The van der Waals surface area contributed by atoms with Gasteiger partial charge in [-0.15, -0.1) is 10.2 Å². The van der Waals surface area contributed by atoms with Gasteiger partial charge in [-0.3, -0.25) is 0 Å². The topological polar surface area (TPSA) is 49.2 Å². The lowest BCUT2D eigenvalue weighted by atomic mass is 10.2. The molecule has 0 bridgehead atoms. The van der Waals surface area contributed by atoms with Crippen LogP contribution in [0.2, 0.25) is 5.02 Å². The fourth-order valence-electron chi connectivity index (χ4n) is 2.82. The Labute approximate surface area is 175 Å². The van der Waals surface area contributed by atoms with Gasteiger partial charge in [-0.1, -0.05) is 41.6 Å². The van der Waals surface area contributed by atoms with E-state index >= 15 is 0 Å². The third kappa shape index (κ3) is 4.80. The highest BCUT2D eigenvalue weighted by atomic mass is 35.5. The van der Waals surface area contributed by atoms with Crippen LogP contribution in [0.25, 0.3) is 0 Å². The van der Waals surface area contributed by atoms with Crippen LogP contribution in [0.3, 0.4) is 0 Å². The summed E-state index contributed by atoms with van der Waals surface area (Å²) in [4.78, 5) is 0. The van der Waals surface area contributed by atoms with E-state index in [1.165, 1.54) is 0 Å². The van der Waals surface area contributed by atoms with Crippen molar-refractivity contribution in [2.75, 3.05) is 7.11 Å². The van der Waals surface area contributed by atoms with Crippen LogP contribution in [-0.2, 0) is 5.75 Å². The third-order valence-corrected chi connectivity index (χ3v) is 5.62. The predicted octanol–water partition coefficient (Wildman–Crippen LogP) is 5.95. The Kier molecular flexibility index (Phi) is 6.86. The lowest BCUT2D eigenvalue weighted by Crippen LogP contribution is -2.14. The van der Waals surface area contributed by atoms with Gasteiger partial charge in [-0.05, 0) is 56.7 Å². The van der Waals surface area contributed by atoms with Crippen molar-refractivity contribution in [3.63, 3.8) is 0 Å². The number of hydrogen-bond acceptors (Lipinski definition) is 5. The predicted molar refractivity (Wildman–Crippen MR) is 113 cm³/mol. The Bertz CT molecular complexity index is 912. The van der Waals surface area contributed by atoms with Crippen LogP contribution in [0.4, 0.5) is 0 Å². The molecular weight excluding hydrogens is 394 g/mol. The molecule has 148 valence electrons. The molecule has 0 saturated carbocycles. The van der Waals surface area contributed by atoms with Crippen molar-refractivity contribution in [2.24, 2.45) is 0 Å². The summed E-state index contributed by atoms with van der Waals surface area (Å²) in [6, 6.07) is 15.6. The van der Waals surface area contributed by atoms with E-state index in [1.54, 1.807) is 18.9 Å². The Morgan fingerprint density at radius 3 is 2.32 bits per heavy atom. The number of nitrogens with zero attached hydrogens (tertiary/aromatic N) is 3. The van der Waals surface area contributed by atoms with Crippen LogP contribution >= 0.6 is 23.4 Å². The first-order valence-corrected chi connectivity index (χ1v) is 10.5. The molecule has 3 rings (SSSR count). The maximum absolute atomic E-state index is 6.28. The average molecular weight is 418 g/mol. The molecule has 0 saturated heterocycles. The maximum Gasteiger partial charge on any atom is 0.191 e. The van der Waals surface area contributed by atoms with Gasteiger partial charge in [0.05, 0.1) is 7.11 Å². The summed E-state index contributed by atoms with van der Waals surface area (Å²) in [6.07, 6.45) is -0.238. The van der Waals surface area contributed by atoms with Gasteiger partial charge in [0.1, 0.15) is 11.5 Å². The Morgan fingerprint density at radius 2 is 1.68 bits per heavy atom. The lowest BCUT2D eigenvalue weighted by Gasteiger charge is -2.19. The molecule has 0 N–H and O–H groups in total. The molecule has 1 unspecified atom stereocenters. The molecule has 7 heteroatoms. The number of hydrogen-bond donors (Lipinski definition) is 0. The summed E-state index contributed by atoms with van der Waals surface area (Å²) in [6.45, 7) is 6.22. The largest absolute Gasteiger partial charge is 0.497 e. The molecule has 0 fully saturated rings. The number of benzene rings is 2. The van der Waals surface area contributed by atoms with Gasteiger partial charge in [-0.2, -0.15) is 0 Å². The van der Waals surface area contributed by atoms with Crippen molar-refractivity contribution in [1.82, 2.24) is 14.8 Å². The van der Waals surface area contributed by atoms with Crippen LogP contribution in [0.1, 0.15) is 44.3 Å². The lowest BCUT2D eigenvalue weighted by molar-refractivity contribution is 0.207. The number of thioether (sulfide) groups is 1. The average Bonchev–Trinajstić information content (AvgIpc) is 3.12. The SMILES string of the molecule is COc1ccc(OC(C)c2nnc(SCc3ccccc3Cl)n2C(C)C)cc1. The minimum atomic E-state index is -0.238. The van der Waals surface area contributed by atoms with E-state index in [1.807, 2.05) is 55.5 Å². The summed E-state index contributed by atoms with van der Waals surface area (Å²) >= 11 is 7.90. The van der Waals surface area contributed by atoms with Crippen LogP contribution < -0.4 is 9.47 Å². The van der Waals surface area contributed by atoms with Gasteiger partial charge in [0.15, 0.2) is 17.1 Å². The number of ether oxygens (including phenoxy) is 2. The molecular formula is C21H24ClN3O2S. The van der Waals surface area contributed by atoms with Crippen molar-refractivity contribution in [1.29, 1.82) is 0 Å². The van der Waals surface area contributed by atoms with Gasteiger partial charge in [0.2, 0.25) is 0 Å². The zero-order valence-electron chi connectivity index (χ0n) is 16.4. The van der Waals surface area contributed by atoms with Gasteiger partial charge >= 0.3 is 0 Å². The van der Waals surface area contributed by atoms with E-state index in [-0.39, 0.29) is 12.1 Å². The van der Waals surface area contributed by atoms with Crippen LogP contribution in [0, 0.1) is 0 Å². The highest BCUT2D eigenvalue weighted by Gasteiger charge is 2.21.